The van der Waals surface area contributed by atoms with Crippen LogP contribution in [0.1, 0.15) is 30.6 Å². The zero-order valence-electron chi connectivity index (χ0n) is 17.5. The number of aliphatic hydroxyl groups is 1. The number of nitro groups is 1. The van der Waals surface area contributed by atoms with Crippen molar-refractivity contribution in [1.29, 1.82) is 0 Å². The number of methoxy groups -OCH3 is 2. The van der Waals surface area contributed by atoms with Gasteiger partial charge in [-0.3, -0.25) is 10.1 Å². The van der Waals surface area contributed by atoms with Crippen molar-refractivity contribution in [3.63, 3.8) is 0 Å². The highest BCUT2D eigenvalue weighted by atomic mass is 19.1. The maximum absolute atomic E-state index is 14.3. The molecule has 1 aliphatic rings. The van der Waals surface area contributed by atoms with Crippen molar-refractivity contribution in [1.82, 2.24) is 0 Å². The van der Waals surface area contributed by atoms with E-state index in [4.69, 9.17) is 19.0 Å². The molecule has 2 aromatic rings. The van der Waals surface area contributed by atoms with Crippen LogP contribution in [0.5, 0.6) is 11.5 Å². The zero-order valence-corrected chi connectivity index (χ0v) is 17.5. The van der Waals surface area contributed by atoms with Gasteiger partial charge in [-0.1, -0.05) is 23.4 Å². The highest BCUT2D eigenvalue weighted by molar-refractivity contribution is 6.05. The quantitative estimate of drug-likeness (QED) is 0.371. The standard InChI is InChI=1S/C21H21FN2O8/c1-4-31-20(26)21(11-15(23-32-21)12-7-5-6-8-14(12)22)19(25)13-9-17(29-2)18(30-3)10-16(13)24(27)28/h5-10,19,25H,4,11H2,1-3H3/t19-,21+/m1/s1. The second-order valence-electron chi connectivity index (χ2n) is 6.82. The normalized spacial score (nSPS) is 18.3. The number of ether oxygens (including phenoxy) is 3. The molecule has 10 nitrogen and oxygen atoms in total. The molecule has 11 heteroatoms. The lowest BCUT2D eigenvalue weighted by Gasteiger charge is -2.29. The second kappa shape index (κ2) is 9.18. The first-order chi connectivity index (χ1) is 15.3. The third kappa shape index (κ3) is 3.94. The lowest BCUT2D eigenvalue weighted by atomic mass is 9.84. The summed E-state index contributed by atoms with van der Waals surface area (Å²) in [6.07, 6.45) is -2.30. The molecule has 32 heavy (non-hydrogen) atoms. The number of benzene rings is 2. The van der Waals surface area contributed by atoms with Crippen LogP contribution in [0.3, 0.4) is 0 Å². The molecule has 0 fully saturated rings. The molecule has 1 heterocycles. The molecule has 0 saturated heterocycles. The third-order valence-electron chi connectivity index (χ3n) is 5.02. The molecular weight excluding hydrogens is 427 g/mol. The average Bonchev–Trinajstić information content (AvgIpc) is 3.24. The van der Waals surface area contributed by atoms with Crippen LogP contribution in [0.4, 0.5) is 10.1 Å². The van der Waals surface area contributed by atoms with Crippen molar-refractivity contribution >= 4 is 17.4 Å². The Hall–Kier alpha value is -3.73. The lowest BCUT2D eigenvalue weighted by molar-refractivity contribution is -0.386. The fraction of sp³-hybridized carbons (Fsp3) is 0.333. The number of carbonyl (C=O) groups excluding carboxylic acids is 1. The van der Waals surface area contributed by atoms with Crippen LogP contribution < -0.4 is 9.47 Å². The van der Waals surface area contributed by atoms with Crippen LogP contribution in [-0.4, -0.2) is 48.1 Å². The minimum Gasteiger partial charge on any atom is -0.493 e. The van der Waals surface area contributed by atoms with Crippen molar-refractivity contribution in [2.24, 2.45) is 5.16 Å². The van der Waals surface area contributed by atoms with Crippen LogP contribution in [0.2, 0.25) is 0 Å². The number of nitro benzene ring substituents is 1. The summed E-state index contributed by atoms with van der Waals surface area (Å²) in [6.45, 7) is 1.49. The van der Waals surface area contributed by atoms with Gasteiger partial charge in [-0.2, -0.15) is 0 Å². The Morgan fingerprint density at radius 2 is 1.97 bits per heavy atom. The van der Waals surface area contributed by atoms with Gasteiger partial charge in [0, 0.05) is 5.56 Å². The SMILES string of the molecule is CCOC(=O)[C@@]1([C@H](O)c2cc(OC)c(OC)cc2[N+](=O)[O-])CC(c2ccccc2F)=NO1. The van der Waals surface area contributed by atoms with Gasteiger partial charge < -0.3 is 24.2 Å². The van der Waals surface area contributed by atoms with E-state index < -0.39 is 34.1 Å². The van der Waals surface area contributed by atoms with E-state index in [1.54, 1.807) is 13.0 Å². The van der Waals surface area contributed by atoms with Gasteiger partial charge in [0.1, 0.15) is 11.9 Å². The summed E-state index contributed by atoms with van der Waals surface area (Å²) >= 11 is 0. The van der Waals surface area contributed by atoms with Gasteiger partial charge in [0.2, 0.25) is 0 Å². The van der Waals surface area contributed by atoms with Gasteiger partial charge in [0.25, 0.3) is 11.3 Å². The van der Waals surface area contributed by atoms with Gasteiger partial charge in [0.15, 0.2) is 11.5 Å². The summed E-state index contributed by atoms with van der Waals surface area (Å²) in [7, 11) is 2.61. The first-order valence-electron chi connectivity index (χ1n) is 9.54. The van der Waals surface area contributed by atoms with Gasteiger partial charge in [-0.05, 0) is 19.1 Å². The maximum Gasteiger partial charge on any atom is 0.356 e. The predicted molar refractivity (Wildman–Crippen MR) is 109 cm³/mol. The van der Waals surface area contributed by atoms with E-state index in [0.717, 1.165) is 6.07 Å². The summed E-state index contributed by atoms with van der Waals surface area (Å²) in [5, 5.41) is 26.7. The van der Waals surface area contributed by atoms with Gasteiger partial charge in [-0.25, -0.2) is 9.18 Å². The number of oxime groups is 1. The molecule has 2 aromatic carbocycles. The van der Waals surface area contributed by atoms with Gasteiger partial charge >= 0.3 is 5.97 Å². The molecule has 170 valence electrons. The van der Waals surface area contributed by atoms with Gasteiger partial charge in [-0.15, -0.1) is 0 Å². The summed E-state index contributed by atoms with van der Waals surface area (Å²) in [5.74, 6) is -1.48. The molecule has 0 radical (unpaired) electrons. The number of carbonyl (C=O) groups is 1. The lowest BCUT2D eigenvalue weighted by Crippen LogP contribution is -2.46. The van der Waals surface area contributed by atoms with Crippen molar-refractivity contribution < 1.29 is 38.3 Å². The first-order valence-corrected chi connectivity index (χ1v) is 9.54. The van der Waals surface area contributed by atoms with Crippen molar-refractivity contribution in [2.45, 2.75) is 25.0 Å². The Morgan fingerprint density at radius 3 is 2.56 bits per heavy atom. The fourth-order valence-electron chi connectivity index (χ4n) is 3.42. The fourth-order valence-corrected chi connectivity index (χ4v) is 3.42. The molecule has 0 unspecified atom stereocenters. The first kappa shape index (κ1) is 22.9. The molecular formula is C21H21FN2O8. The smallest absolute Gasteiger partial charge is 0.356 e. The highest BCUT2D eigenvalue weighted by Crippen LogP contribution is 2.45. The Kier molecular flexibility index (Phi) is 6.58. The van der Waals surface area contributed by atoms with E-state index in [-0.39, 0.29) is 41.4 Å². The molecule has 0 aliphatic carbocycles. The number of esters is 1. The number of rotatable bonds is 8. The van der Waals surface area contributed by atoms with E-state index in [9.17, 15) is 24.4 Å². The molecule has 0 bridgehead atoms. The molecule has 0 aromatic heterocycles. The Morgan fingerprint density at radius 1 is 1.31 bits per heavy atom. The Balaban J connectivity index is 2.11. The highest BCUT2D eigenvalue weighted by Gasteiger charge is 2.56. The number of hydrogen-bond acceptors (Lipinski definition) is 9. The minimum absolute atomic E-state index is 0.0401. The molecule has 3 rings (SSSR count). The molecule has 1 N–H and O–H groups in total. The van der Waals surface area contributed by atoms with E-state index in [2.05, 4.69) is 5.16 Å². The van der Waals surface area contributed by atoms with E-state index in [0.29, 0.717) is 0 Å². The topological polar surface area (TPSA) is 130 Å². The summed E-state index contributed by atoms with van der Waals surface area (Å²) < 4.78 is 29.6. The van der Waals surface area contributed by atoms with Crippen LogP contribution in [-0.2, 0) is 14.4 Å². The molecule has 1 aliphatic heterocycles. The monoisotopic (exact) mass is 448 g/mol. The molecule has 0 saturated carbocycles. The van der Waals surface area contributed by atoms with E-state index in [1.807, 2.05) is 0 Å². The number of hydrogen-bond donors (Lipinski definition) is 1. The second-order valence-corrected chi connectivity index (χ2v) is 6.82. The van der Waals surface area contributed by atoms with Crippen molar-refractivity contribution in [3.05, 3.63) is 63.5 Å². The van der Waals surface area contributed by atoms with Crippen molar-refractivity contribution in [3.8, 4) is 11.5 Å². The summed E-state index contributed by atoms with van der Waals surface area (Å²) in [5.41, 5.74) is -2.91. The molecule has 0 amide bonds. The Bertz CT molecular complexity index is 1070. The van der Waals surface area contributed by atoms with Gasteiger partial charge in [0.05, 0.1) is 49.5 Å². The number of aliphatic hydroxyl groups excluding tert-OH is 1. The van der Waals surface area contributed by atoms with E-state index >= 15 is 0 Å². The van der Waals surface area contributed by atoms with Crippen LogP contribution in [0.15, 0.2) is 41.6 Å². The maximum atomic E-state index is 14.3. The van der Waals surface area contributed by atoms with Crippen LogP contribution in [0, 0.1) is 15.9 Å². The van der Waals surface area contributed by atoms with Crippen LogP contribution >= 0.6 is 0 Å². The molecule has 2 atom stereocenters. The summed E-state index contributed by atoms with van der Waals surface area (Å²) in [6, 6.07) is 7.93. The predicted octanol–water partition coefficient (Wildman–Crippen LogP) is 2.91. The summed E-state index contributed by atoms with van der Waals surface area (Å²) in [4.78, 5) is 29.2. The number of nitrogens with zero attached hydrogens (tertiary/aromatic N) is 2. The zero-order chi connectivity index (χ0) is 23.5. The third-order valence-corrected chi connectivity index (χ3v) is 5.02. The van der Waals surface area contributed by atoms with Crippen molar-refractivity contribution in [2.75, 3.05) is 20.8 Å². The molecule has 0 spiro atoms. The minimum atomic E-state index is -2.18. The van der Waals surface area contributed by atoms with Crippen LogP contribution in [0.25, 0.3) is 0 Å². The van der Waals surface area contributed by atoms with E-state index in [1.165, 1.54) is 38.5 Å². The largest absolute Gasteiger partial charge is 0.493 e. The average molecular weight is 448 g/mol. The Labute approximate surface area is 182 Å². The number of halogens is 1.